The first-order valence-electron chi connectivity index (χ1n) is 6.77. The minimum absolute atomic E-state index is 0.379. The molecule has 0 spiro atoms. The molecule has 1 aliphatic rings. The van der Waals surface area contributed by atoms with Crippen LogP contribution in [0.2, 0.25) is 0 Å². The van der Waals surface area contributed by atoms with Crippen molar-refractivity contribution in [1.29, 1.82) is 0 Å². The highest BCUT2D eigenvalue weighted by Crippen LogP contribution is 2.42. The summed E-state index contributed by atoms with van der Waals surface area (Å²) in [5.41, 5.74) is 0.379. The van der Waals surface area contributed by atoms with Gasteiger partial charge in [0.1, 0.15) is 0 Å². The largest absolute Gasteiger partial charge is 0.308 e. The predicted molar refractivity (Wildman–Crippen MR) is 76.4 cm³/mol. The van der Waals surface area contributed by atoms with Crippen molar-refractivity contribution in [1.82, 2.24) is 5.32 Å². The Morgan fingerprint density at radius 3 is 2.59 bits per heavy atom. The Kier molecular flexibility index (Phi) is 3.94. The van der Waals surface area contributed by atoms with Crippen LogP contribution in [0.5, 0.6) is 0 Å². The average Bonchev–Trinajstić information content (AvgIpc) is 2.94. The molecule has 17 heavy (non-hydrogen) atoms. The van der Waals surface area contributed by atoms with Crippen LogP contribution in [-0.2, 0) is 0 Å². The first-order valence-corrected chi connectivity index (χ1v) is 7.65. The number of hydrogen-bond acceptors (Lipinski definition) is 2. The smallest absolute Gasteiger partial charge is 0.0443 e. The summed E-state index contributed by atoms with van der Waals surface area (Å²) in [5.74, 6) is 1.61. The number of nitrogens with one attached hydrogen (secondary N) is 1. The summed E-state index contributed by atoms with van der Waals surface area (Å²) in [6, 6.07) is 5.06. The van der Waals surface area contributed by atoms with Crippen LogP contribution in [-0.4, -0.2) is 6.54 Å². The van der Waals surface area contributed by atoms with Crippen LogP contribution >= 0.6 is 11.3 Å². The van der Waals surface area contributed by atoms with Crippen molar-refractivity contribution in [2.75, 3.05) is 6.54 Å². The summed E-state index contributed by atoms with van der Waals surface area (Å²) < 4.78 is 0. The summed E-state index contributed by atoms with van der Waals surface area (Å²) in [6.07, 6.45) is 2.80. The first-order chi connectivity index (χ1) is 8.00. The van der Waals surface area contributed by atoms with Crippen molar-refractivity contribution in [2.45, 2.75) is 46.6 Å². The molecule has 0 amide bonds. The molecule has 1 N–H and O–H groups in total. The molecule has 1 saturated carbocycles. The molecule has 1 heterocycles. The maximum absolute atomic E-state index is 3.82. The highest BCUT2D eigenvalue weighted by atomic mass is 32.1. The number of hydrogen-bond donors (Lipinski definition) is 1. The normalized spacial score (nSPS) is 18.6. The van der Waals surface area contributed by atoms with Gasteiger partial charge in [0.25, 0.3) is 0 Å². The van der Waals surface area contributed by atoms with Gasteiger partial charge in [0, 0.05) is 17.5 Å². The zero-order chi connectivity index (χ0) is 12.5. The monoisotopic (exact) mass is 251 g/mol. The van der Waals surface area contributed by atoms with E-state index >= 15 is 0 Å². The van der Waals surface area contributed by atoms with Crippen LogP contribution < -0.4 is 5.32 Å². The van der Waals surface area contributed by atoms with Crippen molar-refractivity contribution < 1.29 is 0 Å². The zero-order valence-electron chi connectivity index (χ0n) is 11.5. The third kappa shape index (κ3) is 3.32. The standard InChI is InChI=1S/C15H25NS/c1-11(2)15(3,4)10-16-14(12-7-8-12)13-6-5-9-17-13/h5-6,9,11-12,14,16H,7-8,10H2,1-4H3. The van der Waals surface area contributed by atoms with Crippen LogP contribution in [0.15, 0.2) is 17.5 Å². The third-order valence-corrected chi connectivity index (χ3v) is 5.24. The minimum Gasteiger partial charge on any atom is -0.308 e. The van der Waals surface area contributed by atoms with E-state index in [1.54, 1.807) is 0 Å². The molecule has 1 aromatic heterocycles. The van der Waals surface area contributed by atoms with Gasteiger partial charge in [0.05, 0.1) is 0 Å². The highest BCUT2D eigenvalue weighted by molar-refractivity contribution is 7.10. The molecule has 0 aromatic carbocycles. The molecule has 96 valence electrons. The third-order valence-electron chi connectivity index (χ3n) is 4.28. The highest BCUT2D eigenvalue weighted by Gasteiger charge is 2.34. The van der Waals surface area contributed by atoms with E-state index in [2.05, 4.69) is 50.5 Å². The van der Waals surface area contributed by atoms with Gasteiger partial charge in [-0.3, -0.25) is 0 Å². The van der Waals surface area contributed by atoms with Gasteiger partial charge in [0.15, 0.2) is 0 Å². The van der Waals surface area contributed by atoms with E-state index in [1.807, 2.05) is 11.3 Å². The Morgan fingerprint density at radius 1 is 1.41 bits per heavy atom. The molecular weight excluding hydrogens is 226 g/mol. The van der Waals surface area contributed by atoms with Gasteiger partial charge < -0.3 is 5.32 Å². The second-order valence-electron chi connectivity index (χ2n) is 6.35. The molecule has 0 radical (unpaired) electrons. The van der Waals surface area contributed by atoms with Gasteiger partial charge >= 0.3 is 0 Å². The second kappa shape index (κ2) is 5.11. The Balaban J connectivity index is 1.95. The lowest BCUT2D eigenvalue weighted by molar-refractivity contribution is 0.225. The van der Waals surface area contributed by atoms with E-state index in [0.717, 1.165) is 18.4 Å². The van der Waals surface area contributed by atoms with Crippen molar-refractivity contribution in [3.63, 3.8) is 0 Å². The van der Waals surface area contributed by atoms with E-state index in [0.29, 0.717) is 11.5 Å². The van der Waals surface area contributed by atoms with Gasteiger partial charge in [-0.2, -0.15) is 0 Å². The van der Waals surface area contributed by atoms with E-state index in [-0.39, 0.29) is 0 Å². The van der Waals surface area contributed by atoms with Gasteiger partial charge in [-0.25, -0.2) is 0 Å². The summed E-state index contributed by atoms with van der Waals surface area (Å²) in [7, 11) is 0. The minimum atomic E-state index is 0.379. The molecule has 1 fully saturated rings. The second-order valence-corrected chi connectivity index (χ2v) is 7.33. The molecule has 1 atom stereocenters. The summed E-state index contributed by atoms with van der Waals surface area (Å²) >= 11 is 1.90. The zero-order valence-corrected chi connectivity index (χ0v) is 12.3. The van der Waals surface area contributed by atoms with Gasteiger partial charge in [-0.05, 0) is 41.5 Å². The quantitative estimate of drug-likeness (QED) is 0.786. The lowest BCUT2D eigenvalue weighted by Crippen LogP contribution is -2.36. The Bertz CT molecular complexity index is 336. The van der Waals surface area contributed by atoms with Crippen LogP contribution in [0.25, 0.3) is 0 Å². The van der Waals surface area contributed by atoms with Gasteiger partial charge in [-0.1, -0.05) is 33.8 Å². The first kappa shape index (κ1) is 13.1. The van der Waals surface area contributed by atoms with E-state index in [4.69, 9.17) is 0 Å². The Labute approximate surface area is 110 Å². The summed E-state index contributed by atoms with van der Waals surface area (Å²) in [4.78, 5) is 1.52. The van der Waals surface area contributed by atoms with Crippen molar-refractivity contribution in [3.05, 3.63) is 22.4 Å². The average molecular weight is 251 g/mol. The molecule has 1 aromatic rings. The Hall–Kier alpha value is -0.340. The fourth-order valence-corrected chi connectivity index (χ4v) is 2.87. The number of rotatable bonds is 6. The van der Waals surface area contributed by atoms with E-state index in [9.17, 15) is 0 Å². The molecule has 1 nitrogen and oxygen atoms in total. The fourth-order valence-electron chi connectivity index (χ4n) is 1.97. The molecule has 0 bridgehead atoms. The van der Waals surface area contributed by atoms with Gasteiger partial charge in [0.2, 0.25) is 0 Å². The van der Waals surface area contributed by atoms with Crippen molar-refractivity contribution in [3.8, 4) is 0 Å². The predicted octanol–water partition coefficient (Wildman–Crippen LogP) is 4.47. The van der Waals surface area contributed by atoms with Gasteiger partial charge in [-0.15, -0.1) is 11.3 Å². The SMILES string of the molecule is CC(C)C(C)(C)CNC(c1cccs1)C1CC1. The maximum atomic E-state index is 3.82. The van der Waals surface area contributed by atoms with Crippen LogP contribution in [0.4, 0.5) is 0 Å². The molecule has 2 heteroatoms. The fraction of sp³-hybridized carbons (Fsp3) is 0.733. The maximum Gasteiger partial charge on any atom is 0.0443 e. The topological polar surface area (TPSA) is 12.0 Å². The Morgan fingerprint density at radius 2 is 2.12 bits per heavy atom. The van der Waals surface area contributed by atoms with E-state index in [1.165, 1.54) is 17.7 Å². The molecule has 2 rings (SSSR count). The lowest BCUT2D eigenvalue weighted by Gasteiger charge is -2.32. The molecule has 0 saturated heterocycles. The van der Waals surface area contributed by atoms with Crippen molar-refractivity contribution >= 4 is 11.3 Å². The summed E-state index contributed by atoms with van der Waals surface area (Å²) in [6.45, 7) is 10.5. The van der Waals surface area contributed by atoms with Crippen LogP contribution in [0.1, 0.15) is 51.5 Å². The van der Waals surface area contributed by atoms with Crippen molar-refractivity contribution in [2.24, 2.45) is 17.3 Å². The van der Waals surface area contributed by atoms with Crippen LogP contribution in [0.3, 0.4) is 0 Å². The molecule has 1 unspecified atom stereocenters. The molecule has 0 aliphatic heterocycles. The van der Waals surface area contributed by atoms with Crippen LogP contribution in [0, 0.1) is 17.3 Å². The van der Waals surface area contributed by atoms with E-state index < -0.39 is 0 Å². The molecule has 1 aliphatic carbocycles. The number of thiophene rings is 1. The summed E-state index contributed by atoms with van der Waals surface area (Å²) in [5, 5.41) is 6.01. The molecular formula is C15H25NS. The lowest BCUT2D eigenvalue weighted by atomic mass is 9.81.